The molecule has 6 rings (SSSR count). The van der Waals surface area contributed by atoms with Gasteiger partial charge in [0.2, 0.25) is 0 Å². The van der Waals surface area contributed by atoms with Gasteiger partial charge in [-0.3, -0.25) is 0 Å². The number of hydrogen-bond acceptors (Lipinski definition) is 0. The number of fused-ring (bicyclic) bond motifs is 3. The van der Waals surface area contributed by atoms with Crippen molar-refractivity contribution < 1.29 is 18.3 Å². The molecule has 230 valence electrons. The molecule has 0 atom stereocenters. The molecule has 5 heteroatoms. The van der Waals surface area contributed by atoms with Gasteiger partial charge >= 0.3 is 272 Å². The Morgan fingerprint density at radius 2 is 1.20 bits per heavy atom. The molecule has 0 saturated carbocycles. The zero-order valence-corrected chi connectivity index (χ0v) is 33.7. The van der Waals surface area contributed by atoms with Gasteiger partial charge in [-0.1, -0.05) is 0 Å². The summed E-state index contributed by atoms with van der Waals surface area (Å²) >= 11 is 3.28. The summed E-state index contributed by atoms with van der Waals surface area (Å²) in [7, 11) is 0. The fourth-order valence-electron chi connectivity index (χ4n) is 7.29. The molecule has 0 spiro atoms. The van der Waals surface area contributed by atoms with E-state index in [4.69, 9.17) is 4.21 Å². The second-order valence-corrected chi connectivity index (χ2v) is 28.8. The summed E-state index contributed by atoms with van der Waals surface area (Å²) in [6, 6.07) is 30.1. The SMILES string of the molecule is Cl.Cl.[CH2]=[Zr]([C]1=CC=CC1)([c]1ccccc1Br)([c]1ccccc1Br)[c]1cc(C(C)(C)C)cc2c1Cc1ccc(C(C)(C)C)cc1-2. The molecule has 4 aromatic carbocycles. The fraction of sp³-hybridized carbons (Fsp3) is 0.256. The number of hydrogen-bond donors (Lipinski definition) is 0. The van der Waals surface area contributed by atoms with Crippen LogP contribution in [-0.4, -0.2) is 4.21 Å². The molecule has 0 heterocycles. The van der Waals surface area contributed by atoms with Crippen LogP contribution in [0.25, 0.3) is 11.1 Å². The second kappa shape index (κ2) is 12.4. The maximum absolute atomic E-state index is 5.68. The van der Waals surface area contributed by atoms with E-state index in [1.165, 1.54) is 46.5 Å². The third kappa shape index (κ3) is 5.41. The fourth-order valence-corrected chi connectivity index (χ4v) is 28.9. The average Bonchev–Trinajstić information content (AvgIpc) is 3.60. The quantitative estimate of drug-likeness (QED) is 0.169. The summed E-state index contributed by atoms with van der Waals surface area (Å²) in [6.07, 6.45) is 8.82. The first-order valence-corrected chi connectivity index (χ1v) is 23.2. The van der Waals surface area contributed by atoms with Crippen LogP contribution in [0.4, 0.5) is 0 Å². The van der Waals surface area contributed by atoms with E-state index in [0.29, 0.717) is 0 Å². The molecule has 0 amide bonds. The van der Waals surface area contributed by atoms with Crippen molar-refractivity contribution >= 4 is 70.7 Å². The molecule has 0 aromatic heterocycles. The Morgan fingerprint density at radius 3 is 1.70 bits per heavy atom. The topological polar surface area (TPSA) is 0 Å². The molecule has 0 saturated heterocycles. The van der Waals surface area contributed by atoms with Crippen molar-refractivity contribution in [2.24, 2.45) is 0 Å². The average molecular weight is 833 g/mol. The normalized spacial score (nSPS) is 14.3. The zero-order valence-electron chi connectivity index (χ0n) is 26.4. The molecule has 0 radical (unpaired) electrons. The van der Waals surface area contributed by atoms with Crippen LogP contribution in [0.3, 0.4) is 0 Å². The van der Waals surface area contributed by atoms with Crippen molar-refractivity contribution in [1.29, 1.82) is 0 Å². The van der Waals surface area contributed by atoms with Gasteiger partial charge in [0.1, 0.15) is 0 Å². The van der Waals surface area contributed by atoms with Crippen LogP contribution in [0.1, 0.15) is 70.2 Å². The van der Waals surface area contributed by atoms with Crippen LogP contribution >= 0.6 is 56.7 Å². The first-order chi connectivity index (χ1) is 19.7. The van der Waals surface area contributed by atoms with E-state index in [9.17, 15) is 0 Å². The minimum atomic E-state index is -4.88. The maximum atomic E-state index is 5.68. The third-order valence-corrected chi connectivity index (χ3v) is 29.3. The van der Waals surface area contributed by atoms with Gasteiger partial charge in [0.05, 0.1) is 0 Å². The van der Waals surface area contributed by atoms with Crippen LogP contribution in [-0.2, 0) is 35.5 Å². The Hall–Kier alpha value is -1.35. The molecule has 0 nitrogen and oxygen atoms in total. The summed E-state index contributed by atoms with van der Waals surface area (Å²) in [4.78, 5) is 0. The van der Waals surface area contributed by atoms with Gasteiger partial charge in [0, 0.05) is 0 Å². The molecule has 2 aliphatic rings. The molecular formula is C39H42Br2Cl2Zr. The molecule has 4 aromatic rings. The van der Waals surface area contributed by atoms with Crippen molar-refractivity contribution in [2.45, 2.75) is 65.2 Å². The molecule has 0 fully saturated rings. The van der Waals surface area contributed by atoms with Crippen molar-refractivity contribution in [1.82, 2.24) is 0 Å². The Bertz CT molecular complexity index is 1830. The number of allylic oxidation sites excluding steroid dienone is 4. The Balaban J connectivity index is 0.00000221. The van der Waals surface area contributed by atoms with E-state index >= 15 is 0 Å². The molecule has 0 aliphatic heterocycles. The second-order valence-electron chi connectivity index (χ2n) is 14.3. The van der Waals surface area contributed by atoms with Crippen LogP contribution in [0.2, 0.25) is 0 Å². The van der Waals surface area contributed by atoms with Crippen LogP contribution in [0.15, 0.2) is 109 Å². The molecule has 44 heavy (non-hydrogen) atoms. The molecular weight excluding hydrogens is 790 g/mol. The third-order valence-electron chi connectivity index (χ3n) is 9.76. The molecule has 0 N–H and O–H groups in total. The standard InChI is InChI=1S/C21H25.2C6H4Br.C5H5.CH2.2ClH.Zr/c1-20(2,3)16-9-7-14-11-15-8-10-17(21(4,5)6)13-19(15)18(14)12-16;2*7-6-4-2-1-3-5-6;1-2-4-5-3-1;;;;/h7,9-10,12-13H,11H2,1-6H3;2*1-4H;1-3H,4H2;1H2;2*1H;. The number of benzene rings is 4. The summed E-state index contributed by atoms with van der Waals surface area (Å²) in [6.45, 7) is 14.0. The molecule has 2 aliphatic carbocycles. The van der Waals surface area contributed by atoms with Crippen LogP contribution in [0.5, 0.6) is 0 Å². The van der Waals surface area contributed by atoms with Crippen molar-refractivity contribution in [3.63, 3.8) is 0 Å². The van der Waals surface area contributed by atoms with Crippen LogP contribution < -0.4 is 9.81 Å². The first kappa shape index (κ1) is 35.5. The predicted octanol–water partition coefficient (Wildman–Crippen LogP) is 10.5. The van der Waals surface area contributed by atoms with Crippen molar-refractivity contribution in [3.05, 3.63) is 132 Å². The van der Waals surface area contributed by atoms with Crippen molar-refractivity contribution in [2.75, 3.05) is 0 Å². The predicted molar refractivity (Wildman–Crippen MR) is 203 cm³/mol. The summed E-state index contributed by atoms with van der Waals surface area (Å²) in [5, 5.41) is 0. The van der Waals surface area contributed by atoms with E-state index in [1.54, 1.807) is 0 Å². The van der Waals surface area contributed by atoms with E-state index in [-0.39, 0.29) is 35.6 Å². The van der Waals surface area contributed by atoms with Crippen LogP contribution in [0, 0.1) is 0 Å². The molecule has 0 unspecified atom stereocenters. The van der Waals surface area contributed by atoms with E-state index in [2.05, 4.69) is 170 Å². The Kier molecular flexibility index (Phi) is 9.97. The van der Waals surface area contributed by atoms with Crippen molar-refractivity contribution in [3.8, 4) is 11.1 Å². The number of halogens is 4. The van der Waals surface area contributed by atoms with Gasteiger partial charge in [-0.25, -0.2) is 0 Å². The van der Waals surface area contributed by atoms with Gasteiger partial charge in [-0.05, 0) is 0 Å². The van der Waals surface area contributed by atoms with Gasteiger partial charge in [0.15, 0.2) is 0 Å². The van der Waals surface area contributed by atoms with E-state index in [0.717, 1.165) is 21.8 Å². The van der Waals surface area contributed by atoms with Gasteiger partial charge in [-0.15, -0.1) is 24.8 Å². The monoisotopic (exact) mass is 828 g/mol. The van der Waals surface area contributed by atoms with E-state index < -0.39 is 18.3 Å². The summed E-state index contributed by atoms with van der Waals surface area (Å²) in [5.41, 5.74) is 8.50. The number of rotatable bonds is 4. The summed E-state index contributed by atoms with van der Waals surface area (Å²) in [5.74, 6) is 0. The minimum absolute atomic E-state index is 0. The van der Waals surface area contributed by atoms with Gasteiger partial charge in [-0.2, -0.15) is 0 Å². The Labute approximate surface area is 294 Å². The Morgan fingerprint density at radius 1 is 0.659 bits per heavy atom. The molecule has 0 bridgehead atoms. The zero-order chi connectivity index (χ0) is 30.1. The first-order valence-electron chi connectivity index (χ1n) is 15.0. The van der Waals surface area contributed by atoms with Gasteiger partial charge in [0.25, 0.3) is 0 Å². The summed E-state index contributed by atoms with van der Waals surface area (Å²) < 4.78 is 13.7. The van der Waals surface area contributed by atoms with E-state index in [1.807, 2.05) is 0 Å². The van der Waals surface area contributed by atoms with Gasteiger partial charge < -0.3 is 0 Å².